The van der Waals surface area contributed by atoms with Gasteiger partial charge in [-0.1, -0.05) is 13.8 Å². The summed E-state index contributed by atoms with van der Waals surface area (Å²) >= 11 is -2.34. The Morgan fingerprint density at radius 1 is 1.78 bits per heavy atom. The molecule has 0 aliphatic carbocycles. The van der Waals surface area contributed by atoms with Gasteiger partial charge >= 0.3 is 29.6 Å². The molecule has 0 aliphatic heterocycles. The van der Waals surface area contributed by atoms with Crippen molar-refractivity contribution >= 4 is 11.4 Å². The molecule has 0 saturated heterocycles. The van der Waals surface area contributed by atoms with E-state index in [1.807, 2.05) is 13.8 Å². The minimum atomic E-state index is -2.34. The van der Waals surface area contributed by atoms with Crippen LogP contribution in [-0.2, 0) is 15.5 Å². The summed E-state index contributed by atoms with van der Waals surface area (Å²) in [5, 5.41) is 0. The smallest absolute Gasteiger partial charge is 1.00 e. The van der Waals surface area contributed by atoms with E-state index in [9.17, 15) is 8.76 Å². The van der Waals surface area contributed by atoms with Crippen LogP contribution in [-0.4, -0.2) is 15.4 Å². The van der Waals surface area contributed by atoms with E-state index in [1.54, 1.807) is 0 Å². The van der Waals surface area contributed by atoms with E-state index in [2.05, 4.69) is 4.18 Å². The second kappa shape index (κ2) is 7.18. The molecular formula is C4H10NaO3S-. The van der Waals surface area contributed by atoms with Crippen LogP contribution in [0, 0.1) is 5.92 Å². The minimum Gasteiger partial charge on any atom is -1.00 e. The minimum absolute atomic E-state index is 0. The Labute approximate surface area is 81.4 Å². The molecule has 9 heavy (non-hydrogen) atoms. The van der Waals surface area contributed by atoms with E-state index >= 15 is 0 Å². The molecular weight excluding hydrogens is 151 g/mol. The zero-order valence-electron chi connectivity index (χ0n) is 6.92. The maximum atomic E-state index is 9.68. The molecule has 0 aliphatic rings. The van der Waals surface area contributed by atoms with E-state index < -0.39 is 11.4 Å². The fraction of sp³-hybridized carbons (Fsp3) is 1.00. The Morgan fingerprint density at radius 3 is 2.33 bits per heavy atom. The topological polar surface area (TPSA) is 49.4 Å². The van der Waals surface area contributed by atoms with Crippen LogP contribution in [0.5, 0.6) is 0 Å². The second-order valence-electron chi connectivity index (χ2n) is 1.88. The SMILES string of the molecule is CC(C)COS(=O)[O-].[H-].[Na+]. The Balaban J connectivity index is -0.000000245. The third-order valence-corrected chi connectivity index (χ3v) is 0.826. The number of hydrogen-bond acceptors (Lipinski definition) is 3. The van der Waals surface area contributed by atoms with Gasteiger partial charge in [-0.15, -0.1) is 0 Å². The molecule has 0 amide bonds. The molecule has 0 spiro atoms. The van der Waals surface area contributed by atoms with E-state index in [0.29, 0.717) is 0 Å². The summed E-state index contributed by atoms with van der Waals surface area (Å²) in [5.41, 5.74) is 0. The Bertz CT molecular complexity index is 90.6. The molecule has 0 aromatic carbocycles. The van der Waals surface area contributed by atoms with Gasteiger partial charge in [0, 0.05) is 0 Å². The molecule has 52 valence electrons. The van der Waals surface area contributed by atoms with Crippen molar-refractivity contribution in [1.82, 2.24) is 0 Å². The summed E-state index contributed by atoms with van der Waals surface area (Å²) in [7, 11) is 0. The molecule has 0 heterocycles. The molecule has 3 nitrogen and oxygen atoms in total. The normalized spacial score (nSPS) is 12.9. The Hall–Kier alpha value is 1.07. The van der Waals surface area contributed by atoms with E-state index in [0.717, 1.165) is 0 Å². The second-order valence-corrected chi connectivity index (χ2v) is 2.53. The average Bonchev–Trinajstić information content (AvgIpc) is 1.61. The molecule has 0 rings (SSSR count). The van der Waals surface area contributed by atoms with Crippen LogP contribution in [0.3, 0.4) is 0 Å². The van der Waals surface area contributed by atoms with Crippen molar-refractivity contribution in [3.05, 3.63) is 0 Å². The van der Waals surface area contributed by atoms with Crippen molar-refractivity contribution in [1.29, 1.82) is 0 Å². The molecule has 1 unspecified atom stereocenters. The fourth-order valence-electron chi connectivity index (χ4n) is 0.192. The summed E-state index contributed by atoms with van der Waals surface area (Å²) in [6.07, 6.45) is 0. The van der Waals surface area contributed by atoms with Gasteiger partial charge in [0.15, 0.2) is 0 Å². The molecule has 0 saturated carbocycles. The first-order chi connectivity index (χ1) is 3.63. The summed E-state index contributed by atoms with van der Waals surface area (Å²) in [6.45, 7) is 4.04. The van der Waals surface area contributed by atoms with Crippen molar-refractivity contribution < 1.29 is 43.9 Å². The van der Waals surface area contributed by atoms with Crippen LogP contribution >= 0.6 is 0 Å². The molecule has 1 atom stereocenters. The summed E-state index contributed by atoms with van der Waals surface area (Å²) in [5.74, 6) is 0.271. The molecule has 0 aromatic heterocycles. The molecule has 0 aromatic rings. The van der Waals surface area contributed by atoms with Crippen LogP contribution in [0.1, 0.15) is 15.3 Å². The molecule has 0 radical (unpaired) electrons. The van der Waals surface area contributed by atoms with Crippen molar-refractivity contribution in [2.45, 2.75) is 13.8 Å². The maximum absolute atomic E-state index is 9.68. The first-order valence-electron chi connectivity index (χ1n) is 2.35. The zero-order chi connectivity index (χ0) is 6.57. The van der Waals surface area contributed by atoms with Gasteiger partial charge in [-0.25, -0.2) is 4.21 Å². The van der Waals surface area contributed by atoms with Gasteiger partial charge in [-0.3, -0.25) is 0 Å². The average molecular weight is 161 g/mol. The van der Waals surface area contributed by atoms with Gasteiger partial charge in [0.2, 0.25) is 0 Å². The first kappa shape index (κ1) is 12.7. The third-order valence-electron chi connectivity index (χ3n) is 0.498. The zero-order valence-corrected chi connectivity index (χ0v) is 8.73. The predicted octanol–water partition coefficient (Wildman–Crippen LogP) is -2.43. The summed E-state index contributed by atoms with van der Waals surface area (Å²) in [4.78, 5) is 0. The van der Waals surface area contributed by atoms with Crippen molar-refractivity contribution in [3.8, 4) is 0 Å². The standard InChI is InChI=1S/C4H10O3S.Na.H/c1-4(2)3-7-8(5)6;;/h4H,3H2,1-2H3,(H,5,6);;/q;+1;-1/p-1. The van der Waals surface area contributed by atoms with Crippen LogP contribution < -0.4 is 29.6 Å². The van der Waals surface area contributed by atoms with E-state index in [4.69, 9.17) is 0 Å². The van der Waals surface area contributed by atoms with Crippen LogP contribution in [0.4, 0.5) is 0 Å². The van der Waals surface area contributed by atoms with Crippen molar-refractivity contribution in [2.24, 2.45) is 5.92 Å². The van der Waals surface area contributed by atoms with Gasteiger partial charge < -0.3 is 10.2 Å². The fourth-order valence-corrected chi connectivity index (χ4v) is 0.575. The van der Waals surface area contributed by atoms with Gasteiger partial charge in [-0.2, -0.15) is 0 Å². The summed E-state index contributed by atoms with van der Waals surface area (Å²) < 4.78 is 23.6. The first-order valence-corrected chi connectivity index (χ1v) is 3.35. The molecule has 0 N–H and O–H groups in total. The van der Waals surface area contributed by atoms with Crippen LogP contribution in [0.15, 0.2) is 0 Å². The van der Waals surface area contributed by atoms with Crippen molar-refractivity contribution in [2.75, 3.05) is 6.61 Å². The predicted molar refractivity (Wildman–Crippen MR) is 30.8 cm³/mol. The third kappa shape index (κ3) is 12.3. The molecule has 0 bridgehead atoms. The van der Waals surface area contributed by atoms with Gasteiger partial charge in [-0.05, 0) is 5.92 Å². The Morgan fingerprint density at radius 2 is 2.22 bits per heavy atom. The maximum Gasteiger partial charge on any atom is 1.00 e. The van der Waals surface area contributed by atoms with E-state index in [1.165, 1.54) is 0 Å². The Kier molecular flexibility index (Phi) is 10.1. The van der Waals surface area contributed by atoms with Crippen LogP contribution in [0.2, 0.25) is 0 Å². The number of hydrogen-bond donors (Lipinski definition) is 0. The van der Waals surface area contributed by atoms with E-state index in [-0.39, 0.29) is 43.5 Å². The van der Waals surface area contributed by atoms with Gasteiger partial charge in [0.1, 0.15) is 0 Å². The number of rotatable bonds is 3. The summed E-state index contributed by atoms with van der Waals surface area (Å²) in [6, 6.07) is 0. The van der Waals surface area contributed by atoms with Gasteiger partial charge in [0.05, 0.1) is 18.0 Å². The monoisotopic (exact) mass is 161 g/mol. The van der Waals surface area contributed by atoms with Gasteiger partial charge in [0.25, 0.3) is 0 Å². The van der Waals surface area contributed by atoms with Crippen molar-refractivity contribution in [3.63, 3.8) is 0 Å². The molecule has 5 heteroatoms. The molecule has 0 fully saturated rings. The van der Waals surface area contributed by atoms with Crippen LogP contribution in [0.25, 0.3) is 0 Å². The largest absolute Gasteiger partial charge is 1.00 e. The quantitative estimate of drug-likeness (QED) is 0.341.